The molecule has 0 spiro atoms. The van der Waals surface area contributed by atoms with Crippen molar-refractivity contribution in [2.75, 3.05) is 14.2 Å². The zero-order valence-electron chi connectivity index (χ0n) is 9.03. The molecule has 4 nitrogen and oxygen atoms in total. The van der Waals surface area contributed by atoms with Gasteiger partial charge >= 0.3 is 0 Å². The summed E-state index contributed by atoms with van der Waals surface area (Å²) >= 11 is 0. The summed E-state index contributed by atoms with van der Waals surface area (Å²) in [6, 6.07) is 6.09. The molecule has 1 N–H and O–H groups in total. The molecule has 0 saturated heterocycles. The number of methoxy groups -OCH3 is 1. The Labute approximate surface area is 88.9 Å². The molecule has 2 aromatic rings. The van der Waals surface area contributed by atoms with Gasteiger partial charge in [-0.3, -0.25) is 0 Å². The van der Waals surface area contributed by atoms with Gasteiger partial charge in [-0.2, -0.15) is 0 Å². The number of nitrogens with zero attached hydrogens (tertiary/aromatic N) is 2. The minimum atomic E-state index is 0.537. The van der Waals surface area contributed by atoms with Crippen molar-refractivity contribution in [1.82, 2.24) is 14.7 Å². The SMILES string of the molecule is CNCc1nc(COC)n2ccccc12. The van der Waals surface area contributed by atoms with E-state index in [-0.39, 0.29) is 0 Å². The second kappa shape index (κ2) is 4.42. The number of fused-ring (bicyclic) bond motifs is 1. The Morgan fingerprint density at radius 2 is 2.33 bits per heavy atom. The van der Waals surface area contributed by atoms with Gasteiger partial charge in [0.1, 0.15) is 12.4 Å². The first-order valence-electron chi connectivity index (χ1n) is 4.95. The molecule has 0 bridgehead atoms. The first-order valence-corrected chi connectivity index (χ1v) is 4.95. The van der Waals surface area contributed by atoms with Crippen LogP contribution in [0.4, 0.5) is 0 Å². The number of ether oxygens (including phenoxy) is 1. The smallest absolute Gasteiger partial charge is 0.139 e. The highest BCUT2D eigenvalue weighted by Gasteiger charge is 2.08. The Morgan fingerprint density at radius 3 is 3.07 bits per heavy atom. The lowest BCUT2D eigenvalue weighted by molar-refractivity contribution is 0.177. The average Bonchev–Trinajstić information content (AvgIpc) is 2.59. The van der Waals surface area contributed by atoms with Crippen LogP contribution in [0, 0.1) is 0 Å². The highest BCUT2D eigenvalue weighted by molar-refractivity contribution is 5.53. The van der Waals surface area contributed by atoms with E-state index in [1.54, 1.807) is 7.11 Å². The third-order valence-corrected chi connectivity index (χ3v) is 2.32. The van der Waals surface area contributed by atoms with Crippen LogP contribution in [0.5, 0.6) is 0 Å². The molecule has 2 rings (SSSR count). The van der Waals surface area contributed by atoms with Gasteiger partial charge in [-0.1, -0.05) is 6.07 Å². The summed E-state index contributed by atoms with van der Waals surface area (Å²) in [5.41, 5.74) is 2.20. The monoisotopic (exact) mass is 205 g/mol. The van der Waals surface area contributed by atoms with Crippen LogP contribution in [0.25, 0.3) is 5.52 Å². The van der Waals surface area contributed by atoms with E-state index in [0.717, 1.165) is 23.6 Å². The highest BCUT2D eigenvalue weighted by Crippen LogP contribution is 2.13. The predicted octanol–water partition coefficient (Wildman–Crippen LogP) is 1.20. The van der Waals surface area contributed by atoms with E-state index in [1.165, 1.54) is 0 Å². The van der Waals surface area contributed by atoms with Gasteiger partial charge in [-0.25, -0.2) is 4.98 Å². The molecule has 0 aliphatic rings. The normalized spacial score (nSPS) is 11.1. The van der Waals surface area contributed by atoms with E-state index in [1.807, 2.05) is 25.4 Å². The Kier molecular flexibility index (Phi) is 2.99. The number of pyridine rings is 1. The van der Waals surface area contributed by atoms with Crippen LogP contribution in [0.15, 0.2) is 24.4 Å². The minimum Gasteiger partial charge on any atom is -0.377 e. The topological polar surface area (TPSA) is 38.6 Å². The summed E-state index contributed by atoms with van der Waals surface area (Å²) in [6.45, 7) is 1.31. The van der Waals surface area contributed by atoms with Crippen molar-refractivity contribution in [3.63, 3.8) is 0 Å². The fourth-order valence-electron chi connectivity index (χ4n) is 1.70. The molecule has 2 aromatic heterocycles. The number of aromatic nitrogens is 2. The van der Waals surface area contributed by atoms with Gasteiger partial charge in [0.2, 0.25) is 0 Å². The second-order valence-electron chi connectivity index (χ2n) is 3.39. The van der Waals surface area contributed by atoms with Crippen molar-refractivity contribution in [3.05, 3.63) is 35.9 Å². The van der Waals surface area contributed by atoms with Crippen molar-refractivity contribution in [1.29, 1.82) is 0 Å². The van der Waals surface area contributed by atoms with Crippen LogP contribution >= 0.6 is 0 Å². The lowest BCUT2D eigenvalue weighted by Crippen LogP contribution is -2.05. The zero-order valence-corrected chi connectivity index (χ0v) is 9.03. The van der Waals surface area contributed by atoms with Crippen LogP contribution in [0.2, 0.25) is 0 Å². The summed E-state index contributed by atoms with van der Waals surface area (Å²) in [7, 11) is 3.60. The molecule has 0 saturated carbocycles. The molecule has 0 fully saturated rings. The Hall–Kier alpha value is -1.39. The molecule has 0 amide bonds. The van der Waals surface area contributed by atoms with Gasteiger partial charge in [0.15, 0.2) is 0 Å². The molecule has 0 aromatic carbocycles. The Balaban J connectivity index is 2.52. The van der Waals surface area contributed by atoms with Crippen molar-refractivity contribution in [2.24, 2.45) is 0 Å². The van der Waals surface area contributed by atoms with Crippen molar-refractivity contribution >= 4 is 5.52 Å². The van der Waals surface area contributed by atoms with E-state index in [0.29, 0.717) is 6.61 Å². The van der Waals surface area contributed by atoms with E-state index in [9.17, 15) is 0 Å². The number of nitrogens with one attached hydrogen (secondary N) is 1. The maximum absolute atomic E-state index is 5.12. The number of rotatable bonds is 4. The van der Waals surface area contributed by atoms with Crippen LogP contribution in [0.3, 0.4) is 0 Å². The number of hydrogen-bond acceptors (Lipinski definition) is 3. The molecule has 2 heterocycles. The lowest BCUT2D eigenvalue weighted by atomic mass is 10.3. The van der Waals surface area contributed by atoms with Gasteiger partial charge < -0.3 is 14.5 Å². The average molecular weight is 205 g/mol. The predicted molar refractivity (Wildman–Crippen MR) is 58.7 cm³/mol. The first kappa shape index (κ1) is 10.1. The van der Waals surface area contributed by atoms with Crippen molar-refractivity contribution in [2.45, 2.75) is 13.2 Å². The Bertz CT molecular complexity index is 410. The first-order chi connectivity index (χ1) is 7.36. The maximum Gasteiger partial charge on any atom is 0.139 e. The molecule has 0 atom stereocenters. The summed E-state index contributed by atoms with van der Waals surface area (Å²) in [5.74, 6) is 0.943. The third kappa shape index (κ3) is 1.86. The third-order valence-electron chi connectivity index (χ3n) is 2.32. The van der Waals surface area contributed by atoms with Gasteiger partial charge in [0.25, 0.3) is 0 Å². The molecular weight excluding hydrogens is 190 g/mol. The molecule has 4 heteroatoms. The molecule has 15 heavy (non-hydrogen) atoms. The maximum atomic E-state index is 5.12. The van der Waals surface area contributed by atoms with Crippen LogP contribution < -0.4 is 5.32 Å². The van der Waals surface area contributed by atoms with E-state index >= 15 is 0 Å². The zero-order chi connectivity index (χ0) is 10.7. The van der Waals surface area contributed by atoms with E-state index in [2.05, 4.69) is 20.8 Å². The quantitative estimate of drug-likeness (QED) is 0.815. The molecule has 0 aliphatic heterocycles. The summed E-state index contributed by atoms with van der Waals surface area (Å²) < 4.78 is 7.19. The van der Waals surface area contributed by atoms with Crippen LogP contribution in [-0.2, 0) is 17.9 Å². The second-order valence-corrected chi connectivity index (χ2v) is 3.39. The fraction of sp³-hybridized carbons (Fsp3) is 0.364. The highest BCUT2D eigenvalue weighted by atomic mass is 16.5. The Morgan fingerprint density at radius 1 is 1.47 bits per heavy atom. The standard InChI is InChI=1S/C11H15N3O/c1-12-7-9-10-5-3-4-6-14(10)11(13-9)8-15-2/h3-6,12H,7-8H2,1-2H3. The fourth-order valence-corrected chi connectivity index (χ4v) is 1.70. The largest absolute Gasteiger partial charge is 0.377 e. The van der Waals surface area contributed by atoms with E-state index < -0.39 is 0 Å². The molecule has 80 valence electrons. The van der Waals surface area contributed by atoms with Gasteiger partial charge in [0.05, 0.1) is 11.2 Å². The lowest BCUT2D eigenvalue weighted by Gasteiger charge is -1.98. The van der Waals surface area contributed by atoms with Crippen molar-refractivity contribution in [3.8, 4) is 0 Å². The van der Waals surface area contributed by atoms with Crippen LogP contribution in [0.1, 0.15) is 11.5 Å². The van der Waals surface area contributed by atoms with Crippen LogP contribution in [-0.4, -0.2) is 23.5 Å². The molecule has 0 aliphatic carbocycles. The molecule has 0 unspecified atom stereocenters. The number of imidazole rings is 1. The van der Waals surface area contributed by atoms with Gasteiger partial charge in [0, 0.05) is 19.9 Å². The summed E-state index contributed by atoms with van der Waals surface area (Å²) in [6.07, 6.45) is 2.01. The number of hydrogen-bond donors (Lipinski definition) is 1. The van der Waals surface area contributed by atoms with E-state index in [4.69, 9.17) is 4.74 Å². The van der Waals surface area contributed by atoms with Gasteiger partial charge in [-0.15, -0.1) is 0 Å². The van der Waals surface area contributed by atoms with Crippen molar-refractivity contribution < 1.29 is 4.74 Å². The summed E-state index contributed by atoms with van der Waals surface area (Å²) in [5, 5.41) is 3.11. The summed E-state index contributed by atoms with van der Waals surface area (Å²) in [4.78, 5) is 4.54. The minimum absolute atomic E-state index is 0.537. The van der Waals surface area contributed by atoms with Gasteiger partial charge in [-0.05, 0) is 19.2 Å². The molecule has 0 radical (unpaired) electrons. The molecular formula is C11H15N3O.